The summed E-state index contributed by atoms with van der Waals surface area (Å²) in [6, 6.07) is 6.62. The van der Waals surface area contributed by atoms with E-state index in [4.69, 9.17) is 0 Å². The molecule has 1 aromatic carbocycles. The summed E-state index contributed by atoms with van der Waals surface area (Å²) in [7, 11) is 0. The molecule has 0 saturated carbocycles. The smallest absolute Gasteiger partial charge is 0.293 e. The molecule has 0 saturated heterocycles. The Morgan fingerprint density at radius 3 is 2.54 bits per heavy atom. The molecule has 0 unspecified atom stereocenters. The quantitative estimate of drug-likeness (QED) is 0.522. The van der Waals surface area contributed by atoms with Crippen molar-refractivity contribution in [3.05, 3.63) is 70.0 Å². The molecule has 0 fully saturated rings. The van der Waals surface area contributed by atoms with Crippen molar-refractivity contribution < 1.29 is 13.2 Å². The topological polar surface area (TPSA) is 52.2 Å². The number of nitrogens with zero attached hydrogens (tertiary/aromatic N) is 4. The van der Waals surface area contributed by atoms with E-state index in [1.165, 1.54) is 15.0 Å². The molecule has 0 N–H and O–H groups in total. The first-order valence-electron chi connectivity index (χ1n) is 7.81. The van der Waals surface area contributed by atoms with Crippen molar-refractivity contribution in [3.8, 4) is 5.69 Å². The number of aromatic nitrogens is 4. The molecule has 0 aliphatic rings. The van der Waals surface area contributed by atoms with Crippen LogP contribution in [0.2, 0.25) is 0 Å². The fourth-order valence-electron chi connectivity index (χ4n) is 3.08. The predicted molar refractivity (Wildman–Crippen MR) is 90.6 cm³/mol. The number of imidazole rings is 1. The van der Waals surface area contributed by atoms with E-state index in [2.05, 4.69) is 9.97 Å². The van der Waals surface area contributed by atoms with Crippen LogP contribution < -0.4 is 5.56 Å². The van der Waals surface area contributed by atoms with Crippen LogP contribution in [0.4, 0.5) is 13.2 Å². The summed E-state index contributed by atoms with van der Waals surface area (Å²) in [6.07, 6.45) is -1.32. The van der Waals surface area contributed by atoms with Gasteiger partial charge in [0.25, 0.3) is 5.56 Å². The van der Waals surface area contributed by atoms with E-state index in [0.717, 1.165) is 12.1 Å². The summed E-state index contributed by atoms with van der Waals surface area (Å²) in [5.41, 5.74) is 0.979. The van der Waals surface area contributed by atoms with Crippen LogP contribution in [0.3, 0.4) is 0 Å². The van der Waals surface area contributed by atoms with Crippen molar-refractivity contribution in [2.24, 2.45) is 0 Å². The van der Waals surface area contributed by atoms with Gasteiger partial charge in [-0.15, -0.1) is 0 Å². The Bertz CT molecular complexity index is 1220. The molecule has 0 aliphatic heterocycles. The van der Waals surface area contributed by atoms with E-state index in [9.17, 15) is 18.0 Å². The molecule has 0 bridgehead atoms. The van der Waals surface area contributed by atoms with Crippen molar-refractivity contribution in [2.75, 3.05) is 0 Å². The van der Waals surface area contributed by atoms with Crippen LogP contribution in [0.5, 0.6) is 0 Å². The van der Waals surface area contributed by atoms with E-state index in [1.54, 1.807) is 38.4 Å². The normalized spacial score (nSPS) is 12.2. The number of rotatable bonds is 1. The van der Waals surface area contributed by atoms with Crippen LogP contribution in [0.1, 0.15) is 17.0 Å². The highest BCUT2D eigenvalue weighted by Gasteiger charge is 2.31. The highest BCUT2D eigenvalue weighted by molar-refractivity contribution is 5.81. The van der Waals surface area contributed by atoms with E-state index in [-0.39, 0.29) is 11.2 Å². The summed E-state index contributed by atoms with van der Waals surface area (Å²) >= 11 is 0. The van der Waals surface area contributed by atoms with Crippen LogP contribution in [0.25, 0.3) is 22.4 Å². The number of pyridine rings is 1. The average Bonchev–Trinajstić information content (AvgIpc) is 2.97. The van der Waals surface area contributed by atoms with E-state index in [0.29, 0.717) is 22.6 Å². The monoisotopic (exact) mass is 358 g/mol. The Labute approximate surface area is 145 Å². The lowest BCUT2D eigenvalue weighted by Crippen LogP contribution is -2.23. The summed E-state index contributed by atoms with van der Waals surface area (Å²) < 4.78 is 42.5. The molecule has 3 heterocycles. The first kappa shape index (κ1) is 16.3. The van der Waals surface area contributed by atoms with Gasteiger partial charge in [0.2, 0.25) is 5.65 Å². The van der Waals surface area contributed by atoms with Crippen LogP contribution in [0.15, 0.2) is 47.5 Å². The Hall–Kier alpha value is -3.16. The summed E-state index contributed by atoms with van der Waals surface area (Å²) in [4.78, 5) is 21.4. The van der Waals surface area contributed by atoms with Crippen molar-refractivity contribution >= 4 is 16.7 Å². The maximum Gasteiger partial charge on any atom is 0.416 e. The predicted octanol–water partition coefficient (Wildman–Crippen LogP) is 3.67. The number of benzene rings is 1. The molecule has 26 heavy (non-hydrogen) atoms. The van der Waals surface area contributed by atoms with Crippen molar-refractivity contribution in [2.45, 2.75) is 20.0 Å². The van der Waals surface area contributed by atoms with Gasteiger partial charge in [0.1, 0.15) is 0 Å². The van der Waals surface area contributed by atoms with Gasteiger partial charge in [0, 0.05) is 12.4 Å². The van der Waals surface area contributed by atoms with Gasteiger partial charge in [-0.2, -0.15) is 13.2 Å². The molecule has 0 spiro atoms. The molecule has 0 aliphatic carbocycles. The largest absolute Gasteiger partial charge is 0.416 e. The van der Waals surface area contributed by atoms with E-state index >= 15 is 0 Å². The number of halogens is 3. The number of hydrogen-bond acceptors (Lipinski definition) is 3. The van der Waals surface area contributed by atoms with Gasteiger partial charge in [0.05, 0.1) is 33.7 Å². The zero-order chi connectivity index (χ0) is 18.6. The second-order valence-electron chi connectivity index (χ2n) is 6.03. The van der Waals surface area contributed by atoms with Gasteiger partial charge in [-0.1, -0.05) is 0 Å². The number of alkyl halides is 3. The third-order valence-electron chi connectivity index (χ3n) is 4.24. The molecule has 8 heteroatoms. The zero-order valence-electron chi connectivity index (χ0n) is 13.9. The Morgan fingerprint density at radius 1 is 1.08 bits per heavy atom. The van der Waals surface area contributed by atoms with Crippen LogP contribution in [0, 0.1) is 13.8 Å². The van der Waals surface area contributed by atoms with Gasteiger partial charge in [-0.05, 0) is 44.2 Å². The SMILES string of the molecule is Cc1cn2c(n1)c(=O)n(-c1cccnc1C)c1cc(C(F)(F)F)ccc12. The van der Waals surface area contributed by atoms with E-state index < -0.39 is 17.3 Å². The minimum absolute atomic E-state index is 0.144. The Kier molecular flexibility index (Phi) is 3.40. The Morgan fingerprint density at radius 2 is 1.85 bits per heavy atom. The van der Waals surface area contributed by atoms with Crippen LogP contribution in [-0.4, -0.2) is 18.9 Å². The summed E-state index contributed by atoms with van der Waals surface area (Å²) in [5, 5.41) is 0. The fourth-order valence-corrected chi connectivity index (χ4v) is 3.08. The lowest BCUT2D eigenvalue weighted by atomic mass is 10.1. The molecule has 0 atom stereocenters. The van der Waals surface area contributed by atoms with Crippen molar-refractivity contribution in [1.82, 2.24) is 18.9 Å². The highest BCUT2D eigenvalue weighted by atomic mass is 19.4. The fraction of sp³-hybridized carbons (Fsp3) is 0.167. The van der Waals surface area contributed by atoms with Crippen molar-refractivity contribution in [1.29, 1.82) is 0 Å². The second kappa shape index (κ2) is 5.42. The number of aryl methyl sites for hydroxylation is 2. The van der Waals surface area contributed by atoms with Gasteiger partial charge in [-0.3, -0.25) is 18.7 Å². The standard InChI is InChI=1S/C18H13F3N4O/c1-10-9-24-14-6-5-12(18(19,20)21)8-15(14)25(17(26)16(24)23-10)13-4-3-7-22-11(13)2/h3-9H,1-2H3. The number of hydrogen-bond donors (Lipinski definition) is 0. The Balaban J connectivity index is 2.24. The lowest BCUT2D eigenvalue weighted by Gasteiger charge is -2.15. The van der Waals surface area contributed by atoms with Gasteiger partial charge < -0.3 is 0 Å². The van der Waals surface area contributed by atoms with Gasteiger partial charge in [0.15, 0.2) is 0 Å². The van der Waals surface area contributed by atoms with Crippen LogP contribution >= 0.6 is 0 Å². The molecule has 3 aromatic heterocycles. The molecule has 4 aromatic rings. The molecular formula is C18H13F3N4O. The second-order valence-corrected chi connectivity index (χ2v) is 6.03. The van der Waals surface area contributed by atoms with Gasteiger partial charge in [-0.25, -0.2) is 4.98 Å². The maximum atomic E-state index is 13.2. The minimum Gasteiger partial charge on any atom is -0.293 e. The maximum absolute atomic E-state index is 13.2. The molecule has 132 valence electrons. The molecular weight excluding hydrogens is 345 g/mol. The first-order chi connectivity index (χ1) is 12.3. The highest BCUT2D eigenvalue weighted by Crippen LogP contribution is 2.32. The third-order valence-corrected chi connectivity index (χ3v) is 4.24. The number of fused-ring (bicyclic) bond motifs is 3. The van der Waals surface area contributed by atoms with E-state index in [1.807, 2.05) is 0 Å². The zero-order valence-corrected chi connectivity index (χ0v) is 13.9. The molecule has 5 nitrogen and oxygen atoms in total. The third kappa shape index (κ3) is 2.37. The minimum atomic E-state index is -4.52. The average molecular weight is 358 g/mol. The van der Waals surface area contributed by atoms with Crippen LogP contribution in [-0.2, 0) is 6.18 Å². The molecule has 4 rings (SSSR count). The lowest BCUT2D eigenvalue weighted by molar-refractivity contribution is -0.137. The van der Waals surface area contributed by atoms with Gasteiger partial charge >= 0.3 is 6.18 Å². The summed E-state index contributed by atoms with van der Waals surface area (Å²) in [6.45, 7) is 3.42. The first-order valence-corrected chi connectivity index (χ1v) is 7.81. The summed E-state index contributed by atoms with van der Waals surface area (Å²) in [5.74, 6) is 0. The molecule has 0 amide bonds. The molecule has 0 radical (unpaired) electrons. The van der Waals surface area contributed by atoms with Crippen molar-refractivity contribution in [3.63, 3.8) is 0 Å².